The van der Waals surface area contributed by atoms with Crippen LogP contribution < -0.4 is 0 Å². The van der Waals surface area contributed by atoms with Gasteiger partial charge in [0.1, 0.15) is 0 Å². The lowest BCUT2D eigenvalue weighted by Gasteiger charge is -2.42. The van der Waals surface area contributed by atoms with Crippen LogP contribution in [0.15, 0.2) is 24.4 Å². The van der Waals surface area contributed by atoms with Crippen molar-refractivity contribution in [1.29, 1.82) is 0 Å². The Bertz CT molecular complexity index is 365. The zero-order chi connectivity index (χ0) is 16.2. The Balaban J connectivity index is 3.34. The van der Waals surface area contributed by atoms with Crippen molar-refractivity contribution in [3.8, 4) is 0 Å². The van der Waals surface area contributed by atoms with Crippen LogP contribution in [-0.2, 0) is 0 Å². The van der Waals surface area contributed by atoms with E-state index in [0.29, 0.717) is 5.40 Å². The van der Waals surface area contributed by atoms with Crippen molar-refractivity contribution in [3.63, 3.8) is 0 Å². The van der Waals surface area contributed by atoms with Gasteiger partial charge in [-0.05, 0) is 34.8 Å². The Morgan fingerprint density at radius 2 is 1.14 bits per heavy atom. The van der Waals surface area contributed by atoms with Crippen LogP contribution in [0.3, 0.4) is 0 Å². The first-order valence-electron chi connectivity index (χ1n) is 8.23. The molecular weight excluding hydrogens is 292 g/mol. The molecule has 0 aliphatic heterocycles. The fraction of sp³-hybridized carbons (Fsp3) is 0.722. The van der Waals surface area contributed by atoms with Gasteiger partial charge >= 0.3 is 0 Å². The molecule has 1 nitrogen and oxygen atoms in total. The summed E-state index contributed by atoms with van der Waals surface area (Å²) in [5.41, 5.74) is 4.38. The highest BCUT2D eigenvalue weighted by atomic mass is 31.2. The average molecular weight is 325 g/mol. The second-order valence-corrected chi connectivity index (χ2v) is 14.3. The van der Waals surface area contributed by atoms with Crippen LogP contribution in [0, 0.1) is 0 Å². The predicted molar refractivity (Wildman–Crippen MR) is 101 cm³/mol. The monoisotopic (exact) mass is 325 g/mol. The summed E-state index contributed by atoms with van der Waals surface area (Å²) in [6.07, 6.45) is 1.98. The molecule has 0 unspecified atom stereocenters. The smallest absolute Gasteiger partial charge is 0.0520 e. The Morgan fingerprint density at radius 3 is 1.43 bits per heavy atom. The zero-order valence-corrected chi connectivity index (χ0v) is 16.8. The molecule has 0 N–H and O–H groups in total. The van der Waals surface area contributed by atoms with E-state index >= 15 is 0 Å². The molecule has 1 aromatic heterocycles. The van der Waals surface area contributed by atoms with Crippen molar-refractivity contribution in [1.82, 2.24) is 4.98 Å². The van der Waals surface area contributed by atoms with Crippen molar-refractivity contribution in [3.05, 3.63) is 30.1 Å². The molecular formula is C18H33NP2. The van der Waals surface area contributed by atoms with Crippen LogP contribution in [-0.4, -0.2) is 27.6 Å². The molecule has 0 saturated carbocycles. The van der Waals surface area contributed by atoms with E-state index in [2.05, 4.69) is 67.5 Å². The van der Waals surface area contributed by atoms with Gasteiger partial charge in [0.15, 0.2) is 0 Å². The highest BCUT2D eigenvalue weighted by Crippen LogP contribution is 2.74. The molecule has 0 radical (unpaired) electrons. The first-order valence-corrected chi connectivity index (χ1v) is 11.3. The van der Waals surface area contributed by atoms with Crippen molar-refractivity contribution in [2.24, 2.45) is 0 Å². The van der Waals surface area contributed by atoms with E-state index in [0.717, 1.165) is 22.6 Å². The minimum absolute atomic E-state index is 0.0563. The topological polar surface area (TPSA) is 12.9 Å². The fourth-order valence-corrected chi connectivity index (χ4v) is 13.3. The summed E-state index contributed by atoms with van der Waals surface area (Å²) in [5.74, 6) is 0. The maximum Gasteiger partial charge on any atom is 0.0520 e. The molecule has 0 amide bonds. The molecule has 120 valence electrons. The van der Waals surface area contributed by atoms with Gasteiger partial charge in [-0.25, -0.2) is 0 Å². The number of rotatable bonds is 7. The van der Waals surface area contributed by atoms with E-state index in [-0.39, 0.29) is 15.8 Å². The Hall–Kier alpha value is 0.01000. The maximum absolute atomic E-state index is 4.78. The van der Waals surface area contributed by atoms with E-state index in [9.17, 15) is 0 Å². The molecule has 0 bridgehead atoms. The summed E-state index contributed by atoms with van der Waals surface area (Å²) in [6, 6.07) is 6.48. The van der Waals surface area contributed by atoms with Gasteiger partial charge in [0.05, 0.1) is 5.69 Å². The van der Waals surface area contributed by atoms with E-state index in [1.165, 1.54) is 5.69 Å². The molecule has 21 heavy (non-hydrogen) atoms. The third-order valence-electron chi connectivity index (χ3n) is 3.90. The second kappa shape index (κ2) is 8.59. The number of pyridine rings is 1. The summed E-state index contributed by atoms with van der Waals surface area (Å²) in [7, 11) is -0.113. The quantitative estimate of drug-likeness (QED) is 0.510. The third-order valence-corrected chi connectivity index (χ3v) is 11.9. The zero-order valence-electron chi connectivity index (χ0n) is 15.0. The standard InChI is InChI=1S/C18H33NP2/c1-13(2)20(14(3)4)18(17-11-9-10-12-19-17)21(15(5)6)16(7)8/h9-16,18H,1-8H3. The lowest BCUT2D eigenvalue weighted by molar-refractivity contribution is 0.943. The van der Waals surface area contributed by atoms with Crippen LogP contribution >= 0.6 is 15.8 Å². The normalized spacial score (nSPS) is 12.9. The molecule has 1 heterocycles. The minimum Gasteiger partial charge on any atom is -0.260 e. The average Bonchev–Trinajstić information content (AvgIpc) is 2.37. The van der Waals surface area contributed by atoms with Gasteiger partial charge in [-0.3, -0.25) is 4.98 Å². The molecule has 0 fully saturated rings. The number of hydrogen-bond acceptors (Lipinski definition) is 1. The van der Waals surface area contributed by atoms with E-state index in [4.69, 9.17) is 4.98 Å². The SMILES string of the molecule is CC(C)P(C(C)C)C(c1ccccn1)P(C(C)C)C(C)C. The summed E-state index contributed by atoms with van der Waals surface area (Å²) >= 11 is 0. The molecule has 0 saturated heterocycles. The van der Waals surface area contributed by atoms with Crippen LogP contribution in [0.25, 0.3) is 0 Å². The van der Waals surface area contributed by atoms with Crippen molar-refractivity contribution in [2.45, 2.75) is 83.4 Å². The lowest BCUT2D eigenvalue weighted by Crippen LogP contribution is -2.17. The first-order chi connectivity index (χ1) is 9.77. The Kier molecular flexibility index (Phi) is 7.80. The Morgan fingerprint density at radius 1 is 0.714 bits per heavy atom. The van der Waals surface area contributed by atoms with Crippen LogP contribution in [0.1, 0.15) is 66.5 Å². The van der Waals surface area contributed by atoms with Crippen molar-refractivity contribution < 1.29 is 0 Å². The largest absolute Gasteiger partial charge is 0.260 e. The highest BCUT2D eigenvalue weighted by molar-refractivity contribution is 7.76. The van der Waals surface area contributed by atoms with Crippen molar-refractivity contribution >= 4 is 15.8 Å². The summed E-state index contributed by atoms with van der Waals surface area (Å²) < 4.78 is 0. The summed E-state index contributed by atoms with van der Waals surface area (Å²) in [4.78, 5) is 4.78. The van der Waals surface area contributed by atoms with Gasteiger partial charge in [0.2, 0.25) is 0 Å². The number of nitrogens with zero attached hydrogens (tertiary/aromatic N) is 1. The van der Waals surface area contributed by atoms with Crippen molar-refractivity contribution in [2.75, 3.05) is 0 Å². The van der Waals surface area contributed by atoms with Gasteiger partial charge in [-0.2, -0.15) is 0 Å². The van der Waals surface area contributed by atoms with Crippen LogP contribution in [0.5, 0.6) is 0 Å². The predicted octanol–water partition coefficient (Wildman–Crippen LogP) is 6.68. The maximum atomic E-state index is 4.78. The number of hydrogen-bond donors (Lipinski definition) is 0. The van der Waals surface area contributed by atoms with Crippen LogP contribution in [0.4, 0.5) is 0 Å². The lowest BCUT2D eigenvalue weighted by atomic mass is 10.4. The van der Waals surface area contributed by atoms with Gasteiger partial charge in [0, 0.05) is 11.6 Å². The molecule has 0 aliphatic carbocycles. The molecule has 0 spiro atoms. The number of aromatic nitrogens is 1. The molecule has 1 rings (SSSR count). The van der Waals surface area contributed by atoms with E-state index < -0.39 is 0 Å². The highest BCUT2D eigenvalue weighted by Gasteiger charge is 2.37. The second-order valence-electron chi connectivity index (χ2n) is 6.90. The molecule has 0 aromatic carbocycles. The third kappa shape index (κ3) is 5.01. The first kappa shape index (κ1) is 19.1. The van der Waals surface area contributed by atoms with E-state index in [1.807, 2.05) is 12.3 Å². The molecule has 3 heteroatoms. The van der Waals surface area contributed by atoms with Crippen LogP contribution in [0.2, 0.25) is 0 Å². The van der Waals surface area contributed by atoms with E-state index in [1.54, 1.807) is 0 Å². The fourth-order valence-electron chi connectivity index (χ4n) is 3.31. The molecule has 0 atom stereocenters. The van der Waals surface area contributed by atoms with Gasteiger partial charge in [-0.1, -0.05) is 77.3 Å². The van der Waals surface area contributed by atoms with Gasteiger partial charge in [0.25, 0.3) is 0 Å². The molecule has 0 aliphatic rings. The summed E-state index contributed by atoms with van der Waals surface area (Å²) in [6.45, 7) is 19.3. The van der Waals surface area contributed by atoms with Gasteiger partial charge < -0.3 is 0 Å². The minimum atomic E-state index is -0.0563. The Labute approximate surface area is 134 Å². The summed E-state index contributed by atoms with van der Waals surface area (Å²) in [5, 5.41) is 0.677. The molecule has 1 aromatic rings. The van der Waals surface area contributed by atoms with Gasteiger partial charge in [-0.15, -0.1) is 0 Å².